The predicted molar refractivity (Wildman–Crippen MR) is 140 cm³/mol. The maximum absolute atomic E-state index is 14.0. The SMILES string of the molecule is O=C(CCN1C(=S)N[C@H](c2ccccn2)[C@H]1c1cccn1-c1ccc(Cl)cn1)Nc1ccccc1F. The molecule has 1 saturated heterocycles. The molecule has 1 aliphatic rings. The van der Waals surface area contributed by atoms with Gasteiger partial charge >= 0.3 is 0 Å². The number of rotatable bonds is 7. The van der Waals surface area contributed by atoms with Crippen molar-refractivity contribution in [2.75, 3.05) is 11.9 Å². The fourth-order valence-electron chi connectivity index (χ4n) is 4.32. The Morgan fingerprint density at radius 2 is 1.92 bits per heavy atom. The highest BCUT2D eigenvalue weighted by Gasteiger charge is 2.41. The van der Waals surface area contributed by atoms with E-state index < -0.39 is 5.82 Å². The van der Waals surface area contributed by atoms with Gasteiger partial charge in [-0.1, -0.05) is 29.8 Å². The highest BCUT2D eigenvalue weighted by atomic mass is 35.5. The molecular formula is C26H22ClFN6OS. The molecule has 4 aromatic rings. The van der Waals surface area contributed by atoms with Crippen molar-refractivity contribution in [2.45, 2.75) is 18.5 Å². The van der Waals surface area contributed by atoms with Crippen LogP contribution in [0.2, 0.25) is 5.02 Å². The van der Waals surface area contributed by atoms with Crippen molar-refractivity contribution in [2.24, 2.45) is 0 Å². The summed E-state index contributed by atoms with van der Waals surface area (Å²) in [6.07, 6.45) is 5.37. The molecule has 3 aromatic heterocycles. The molecule has 0 spiro atoms. The van der Waals surface area contributed by atoms with Crippen LogP contribution in [-0.2, 0) is 4.79 Å². The number of nitrogens with one attached hydrogen (secondary N) is 2. The number of nitrogens with zero attached hydrogens (tertiary/aromatic N) is 4. The molecule has 10 heteroatoms. The molecule has 0 saturated carbocycles. The third-order valence-electron chi connectivity index (χ3n) is 5.97. The van der Waals surface area contributed by atoms with Crippen LogP contribution < -0.4 is 10.6 Å². The Morgan fingerprint density at radius 1 is 1.08 bits per heavy atom. The van der Waals surface area contributed by atoms with Crippen LogP contribution in [0.1, 0.15) is 29.9 Å². The van der Waals surface area contributed by atoms with Gasteiger partial charge in [0.1, 0.15) is 11.6 Å². The van der Waals surface area contributed by atoms with E-state index in [1.807, 2.05) is 52.1 Å². The highest BCUT2D eigenvalue weighted by molar-refractivity contribution is 7.80. The number of thiocarbonyl (C=S) groups is 1. The number of anilines is 1. The van der Waals surface area contributed by atoms with E-state index in [-0.39, 0.29) is 30.1 Å². The zero-order valence-corrected chi connectivity index (χ0v) is 20.6. The van der Waals surface area contributed by atoms with Crippen molar-refractivity contribution in [1.29, 1.82) is 0 Å². The average molecular weight is 521 g/mol. The van der Waals surface area contributed by atoms with Gasteiger partial charge in [0.2, 0.25) is 5.91 Å². The second-order valence-corrected chi connectivity index (χ2v) is 9.06. The second kappa shape index (κ2) is 10.4. The highest BCUT2D eigenvalue weighted by Crippen LogP contribution is 2.39. The first-order valence-electron chi connectivity index (χ1n) is 11.3. The maximum Gasteiger partial charge on any atom is 0.226 e. The molecule has 0 unspecified atom stereocenters. The van der Waals surface area contributed by atoms with Crippen LogP contribution in [0.5, 0.6) is 0 Å². The minimum Gasteiger partial charge on any atom is -0.352 e. The molecule has 0 bridgehead atoms. The standard InChI is InChI=1S/C26H22ClFN6OS/c27-17-10-11-22(30-16-17)33-14-5-9-21(33)25-24(20-8-3-4-13-29-20)32-26(36)34(25)15-12-23(35)31-19-7-2-1-6-18(19)28/h1-11,13-14,16,24-25H,12,15H2,(H,31,35)(H,32,36)/t24-,25-/m1/s1. The van der Waals surface area contributed by atoms with Gasteiger partial charge in [-0.05, 0) is 60.7 Å². The molecule has 0 radical (unpaired) electrons. The Kier molecular flexibility index (Phi) is 6.92. The molecular weight excluding hydrogens is 499 g/mol. The normalized spacial score (nSPS) is 17.2. The molecule has 0 aliphatic carbocycles. The number of carbonyl (C=O) groups excluding carboxylic acids is 1. The Labute approximate surface area is 217 Å². The Morgan fingerprint density at radius 3 is 2.67 bits per heavy atom. The van der Waals surface area contributed by atoms with Gasteiger partial charge in [-0.2, -0.15) is 0 Å². The van der Waals surface area contributed by atoms with E-state index in [1.165, 1.54) is 12.1 Å². The smallest absolute Gasteiger partial charge is 0.226 e. The number of amides is 1. The van der Waals surface area contributed by atoms with Crippen LogP contribution >= 0.6 is 23.8 Å². The number of hydrogen-bond acceptors (Lipinski definition) is 4. The number of aromatic nitrogens is 3. The maximum atomic E-state index is 14.0. The molecule has 2 atom stereocenters. The van der Waals surface area contributed by atoms with Gasteiger partial charge in [-0.3, -0.25) is 9.78 Å². The van der Waals surface area contributed by atoms with E-state index in [0.717, 1.165) is 11.4 Å². The van der Waals surface area contributed by atoms with Crippen LogP contribution in [0, 0.1) is 5.82 Å². The summed E-state index contributed by atoms with van der Waals surface area (Å²) in [5, 5.41) is 7.07. The summed E-state index contributed by atoms with van der Waals surface area (Å²) in [5.41, 5.74) is 1.89. The predicted octanol–water partition coefficient (Wildman–Crippen LogP) is 5.06. The minimum absolute atomic E-state index is 0.113. The molecule has 7 nitrogen and oxygen atoms in total. The molecule has 1 aromatic carbocycles. The second-order valence-electron chi connectivity index (χ2n) is 8.24. The van der Waals surface area contributed by atoms with E-state index in [1.54, 1.807) is 30.6 Å². The van der Waals surface area contributed by atoms with Gasteiger partial charge in [0, 0.05) is 37.3 Å². The Hall–Kier alpha value is -3.82. The van der Waals surface area contributed by atoms with Crippen LogP contribution in [-0.4, -0.2) is 37.0 Å². The fraction of sp³-hybridized carbons (Fsp3) is 0.154. The summed E-state index contributed by atoms with van der Waals surface area (Å²) in [4.78, 5) is 23.7. The van der Waals surface area contributed by atoms with Crippen LogP contribution in [0.15, 0.2) is 85.3 Å². The molecule has 182 valence electrons. The Balaban J connectivity index is 1.44. The van der Waals surface area contributed by atoms with Gasteiger partial charge in [0.05, 0.1) is 28.5 Å². The topological polar surface area (TPSA) is 75.1 Å². The fourth-order valence-corrected chi connectivity index (χ4v) is 4.76. The minimum atomic E-state index is -0.481. The third-order valence-corrected chi connectivity index (χ3v) is 6.54. The van der Waals surface area contributed by atoms with Crippen molar-refractivity contribution >= 4 is 40.5 Å². The number of halogens is 2. The number of hydrogen-bond donors (Lipinski definition) is 2. The number of carbonyl (C=O) groups is 1. The van der Waals surface area contributed by atoms with E-state index in [9.17, 15) is 9.18 Å². The van der Waals surface area contributed by atoms with Crippen molar-refractivity contribution in [1.82, 2.24) is 24.8 Å². The lowest BCUT2D eigenvalue weighted by molar-refractivity contribution is -0.116. The van der Waals surface area contributed by atoms with Crippen LogP contribution in [0.3, 0.4) is 0 Å². The molecule has 1 aliphatic heterocycles. The first-order chi connectivity index (χ1) is 17.5. The van der Waals surface area contributed by atoms with Gasteiger partial charge in [-0.15, -0.1) is 0 Å². The lowest BCUT2D eigenvalue weighted by Gasteiger charge is -2.28. The molecule has 5 rings (SSSR count). The zero-order chi connectivity index (χ0) is 25.1. The van der Waals surface area contributed by atoms with E-state index in [0.29, 0.717) is 22.5 Å². The van der Waals surface area contributed by atoms with Crippen molar-refractivity contribution in [3.63, 3.8) is 0 Å². The summed E-state index contributed by atoms with van der Waals surface area (Å²) in [6, 6.07) is 18.8. The van der Waals surface area contributed by atoms with Gasteiger partial charge < -0.3 is 20.1 Å². The number of benzene rings is 1. The summed E-state index contributed by atoms with van der Waals surface area (Å²) in [7, 11) is 0. The zero-order valence-electron chi connectivity index (χ0n) is 19.0. The number of pyridine rings is 2. The van der Waals surface area contributed by atoms with Crippen LogP contribution in [0.25, 0.3) is 5.82 Å². The first kappa shape index (κ1) is 23.9. The molecule has 4 heterocycles. The van der Waals surface area contributed by atoms with E-state index in [4.69, 9.17) is 23.8 Å². The summed E-state index contributed by atoms with van der Waals surface area (Å²) >= 11 is 11.7. The molecule has 36 heavy (non-hydrogen) atoms. The molecule has 1 amide bonds. The molecule has 1 fully saturated rings. The lowest BCUT2D eigenvalue weighted by Crippen LogP contribution is -2.33. The van der Waals surface area contributed by atoms with Crippen molar-refractivity contribution < 1.29 is 9.18 Å². The van der Waals surface area contributed by atoms with Gasteiger partial charge in [0.15, 0.2) is 5.11 Å². The average Bonchev–Trinajstić information content (AvgIpc) is 3.49. The van der Waals surface area contributed by atoms with E-state index >= 15 is 0 Å². The monoisotopic (exact) mass is 520 g/mol. The van der Waals surface area contributed by atoms with Crippen molar-refractivity contribution in [3.8, 4) is 5.82 Å². The first-order valence-corrected chi connectivity index (χ1v) is 12.1. The van der Waals surface area contributed by atoms with Gasteiger partial charge in [0.25, 0.3) is 0 Å². The molecule has 2 N–H and O–H groups in total. The summed E-state index contributed by atoms with van der Waals surface area (Å²) < 4.78 is 16.0. The lowest BCUT2D eigenvalue weighted by atomic mass is 10.0. The van der Waals surface area contributed by atoms with Crippen molar-refractivity contribution in [3.05, 3.63) is 108 Å². The Bertz CT molecular complexity index is 1380. The third kappa shape index (κ3) is 4.93. The summed E-state index contributed by atoms with van der Waals surface area (Å²) in [6.45, 7) is 0.319. The van der Waals surface area contributed by atoms with Crippen LogP contribution in [0.4, 0.5) is 10.1 Å². The van der Waals surface area contributed by atoms with Gasteiger partial charge in [-0.25, -0.2) is 9.37 Å². The summed E-state index contributed by atoms with van der Waals surface area (Å²) in [5.74, 6) is -0.0856. The number of para-hydroxylation sites is 1. The van der Waals surface area contributed by atoms with E-state index in [2.05, 4.69) is 20.6 Å². The quantitative estimate of drug-likeness (QED) is 0.332. The largest absolute Gasteiger partial charge is 0.352 e.